The number of nitrogens with zero attached hydrogens (tertiary/aromatic N) is 1. The van der Waals surface area contributed by atoms with E-state index >= 15 is 0 Å². The summed E-state index contributed by atoms with van der Waals surface area (Å²) in [6.07, 6.45) is 2.37. The Labute approximate surface area is 102 Å². The molecular formula is C12H22N2O3. The van der Waals surface area contributed by atoms with Gasteiger partial charge in [-0.25, -0.2) is 0 Å². The maximum Gasteiger partial charge on any atom is 0.248 e. The normalized spacial score (nSPS) is 26.6. The minimum Gasteiger partial charge on any atom is -0.376 e. The highest BCUT2D eigenvalue weighted by Crippen LogP contribution is 2.16. The second kappa shape index (κ2) is 5.33. The van der Waals surface area contributed by atoms with Crippen LogP contribution in [-0.2, 0) is 14.3 Å². The zero-order chi connectivity index (χ0) is 12.3. The number of likely N-dealkylation sites (N-methyl/N-ethyl adjacent to an activating group) is 1. The highest BCUT2D eigenvalue weighted by atomic mass is 16.5. The lowest BCUT2D eigenvalue weighted by Gasteiger charge is -2.39. The zero-order valence-electron chi connectivity index (χ0n) is 10.7. The topological polar surface area (TPSA) is 50.8 Å². The van der Waals surface area contributed by atoms with Gasteiger partial charge in [0.15, 0.2) is 0 Å². The number of carbonyl (C=O) groups is 1. The van der Waals surface area contributed by atoms with Crippen LogP contribution in [-0.4, -0.2) is 62.4 Å². The molecule has 2 fully saturated rings. The van der Waals surface area contributed by atoms with Gasteiger partial charge in [-0.3, -0.25) is 4.79 Å². The van der Waals surface area contributed by atoms with Gasteiger partial charge in [0.05, 0.1) is 11.7 Å². The smallest absolute Gasteiger partial charge is 0.248 e. The summed E-state index contributed by atoms with van der Waals surface area (Å²) in [5.74, 6) is 0.0358. The molecule has 0 bridgehead atoms. The summed E-state index contributed by atoms with van der Waals surface area (Å²) in [5.41, 5.74) is -0.152. The third-order valence-corrected chi connectivity index (χ3v) is 3.47. The molecule has 0 aromatic carbocycles. The van der Waals surface area contributed by atoms with Crippen molar-refractivity contribution >= 4 is 5.91 Å². The monoisotopic (exact) mass is 242 g/mol. The van der Waals surface area contributed by atoms with Crippen LogP contribution in [0.25, 0.3) is 0 Å². The van der Waals surface area contributed by atoms with Gasteiger partial charge in [-0.05, 0) is 19.8 Å². The van der Waals surface area contributed by atoms with Crippen molar-refractivity contribution in [3.8, 4) is 0 Å². The first-order valence-electron chi connectivity index (χ1n) is 6.29. The van der Waals surface area contributed by atoms with Crippen molar-refractivity contribution in [2.75, 3.05) is 39.9 Å². The molecule has 1 N–H and O–H groups in total. The number of nitrogens with one attached hydrogen (secondary N) is 1. The number of ether oxygens (including phenoxy) is 2. The maximum atomic E-state index is 11.8. The predicted octanol–water partition coefficient (Wildman–Crippen LogP) is 0.00230. The van der Waals surface area contributed by atoms with Crippen molar-refractivity contribution in [1.29, 1.82) is 0 Å². The van der Waals surface area contributed by atoms with E-state index in [1.807, 2.05) is 14.0 Å². The van der Waals surface area contributed by atoms with Crippen LogP contribution in [0.3, 0.4) is 0 Å². The maximum absolute atomic E-state index is 11.8. The first-order valence-corrected chi connectivity index (χ1v) is 6.29. The molecule has 0 aromatic rings. The summed E-state index contributed by atoms with van der Waals surface area (Å²) in [7, 11) is 1.81. The molecule has 98 valence electrons. The lowest BCUT2D eigenvalue weighted by molar-refractivity contribution is -0.145. The standard InChI is InChI=1S/C12H22N2O3/c1-12(8-13-9-12)17-7-11(15)14(2)6-10-4-3-5-16-10/h10,13H,3-9H2,1-2H3. The summed E-state index contributed by atoms with van der Waals surface area (Å²) in [6.45, 7) is 5.35. The van der Waals surface area contributed by atoms with Crippen LogP contribution in [0.2, 0.25) is 0 Å². The lowest BCUT2D eigenvalue weighted by Crippen LogP contribution is -2.59. The van der Waals surface area contributed by atoms with Crippen molar-refractivity contribution < 1.29 is 14.3 Å². The Hall–Kier alpha value is -0.650. The zero-order valence-corrected chi connectivity index (χ0v) is 10.7. The third kappa shape index (κ3) is 3.40. The van der Waals surface area contributed by atoms with Crippen LogP contribution in [0.15, 0.2) is 0 Å². The largest absolute Gasteiger partial charge is 0.376 e. The van der Waals surface area contributed by atoms with Crippen molar-refractivity contribution in [1.82, 2.24) is 10.2 Å². The lowest BCUT2D eigenvalue weighted by atomic mass is 10.0. The molecule has 1 amide bonds. The fourth-order valence-electron chi connectivity index (χ4n) is 2.12. The molecule has 5 nitrogen and oxygen atoms in total. The first kappa shape index (κ1) is 12.8. The van der Waals surface area contributed by atoms with E-state index in [9.17, 15) is 4.79 Å². The highest BCUT2D eigenvalue weighted by molar-refractivity contribution is 5.77. The first-order chi connectivity index (χ1) is 8.09. The van der Waals surface area contributed by atoms with Gasteiger partial charge in [0.2, 0.25) is 5.91 Å². The summed E-state index contributed by atoms with van der Waals surface area (Å²) < 4.78 is 11.1. The summed E-state index contributed by atoms with van der Waals surface area (Å²) >= 11 is 0. The van der Waals surface area contributed by atoms with Crippen molar-refractivity contribution in [2.45, 2.75) is 31.5 Å². The number of carbonyl (C=O) groups excluding carboxylic acids is 1. The fraction of sp³-hybridized carbons (Fsp3) is 0.917. The summed E-state index contributed by atoms with van der Waals surface area (Å²) in [4.78, 5) is 13.6. The number of rotatable bonds is 5. The molecule has 17 heavy (non-hydrogen) atoms. The molecule has 5 heteroatoms. The molecule has 2 heterocycles. The second-order valence-electron chi connectivity index (χ2n) is 5.25. The van der Waals surface area contributed by atoms with Crippen LogP contribution >= 0.6 is 0 Å². The van der Waals surface area contributed by atoms with Crippen LogP contribution in [0.1, 0.15) is 19.8 Å². The Morgan fingerprint density at radius 3 is 2.88 bits per heavy atom. The quantitative estimate of drug-likeness (QED) is 0.737. The average Bonchev–Trinajstić information content (AvgIpc) is 2.75. The number of hydrogen-bond donors (Lipinski definition) is 1. The molecule has 2 aliphatic heterocycles. The van der Waals surface area contributed by atoms with Gasteiger partial charge in [0.1, 0.15) is 6.61 Å². The molecule has 0 aliphatic carbocycles. The van der Waals surface area contributed by atoms with E-state index in [0.717, 1.165) is 32.5 Å². The molecule has 0 aromatic heterocycles. The fourth-order valence-corrected chi connectivity index (χ4v) is 2.12. The molecule has 2 aliphatic rings. The average molecular weight is 242 g/mol. The van der Waals surface area contributed by atoms with E-state index in [4.69, 9.17) is 9.47 Å². The second-order valence-corrected chi connectivity index (χ2v) is 5.25. The van der Waals surface area contributed by atoms with Crippen molar-refractivity contribution in [3.63, 3.8) is 0 Å². The van der Waals surface area contributed by atoms with Crippen LogP contribution in [0.4, 0.5) is 0 Å². The van der Waals surface area contributed by atoms with E-state index in [0.29, 0.717) is 6.54 Å². The Morgan fingerprint density at radius 2 is 2.35 bits per heavy atom. The SMILES string of the molecule is CN(CC1CCCO1)C(=O)COC1(C)CNC1. The molecule has 1 unspecified atom stereocenters. The van der Waals surface area contributed by atoms with Crippen LogP contribution in [0, 0.1) is 0 Å². The van der Waals surface area contributed by atoms with E-state index in [1.54, 1.807) is 4.90 Å². The Morgan fingerprint density at radius 1 is 1.59 bits per heavy atom. The predicted molar refractivity (Wildman–Crippen MR) is 63.8 cm³/mol. The summed E-state index contributed by atoms with van der Waals surface area (Å²) in [5, 5.41) is 3.14. The van der Waals surface area contributed by atoms with E-state index in [1.165, 1.54) is 0 Å². The summed E-state index contributed by atoms with van der Waals surface area (Å²) in [6, 6.07) is 0. The molecule has 0 spiro atoms. The van der Waals surface area contributed by atoms with Gasteiger partial charge < -0.3 is 19.7 Å². The minimum atomic E-state index is -0.152. The minimum absolute atomic E-state index is 0.0358. The molecule has 1 atom stereocenters. The van der Waals surface area contributed by atoms with E-state index in [-0.39, 0.29) is 24.2 Å². The molecule has 0 saturated carbocycles. The highest BCUT2D eigenvalue weighted by Gasteiger charge is 2.33. The number of hydrogen-bond acceptors (Lipinski definition) is 4. The number of amides is 1. The molecule has 2 rings (SSSR count). The Bertz CT molecular complexity index is 273. The van der Waals surface area contributed by atoms with Crippen molar-refractivity contribution in [2.24, 2.45) is 0 Å². The van der Waals surface area contributed by atoms with E-state index in [2.05, 4.69) is 5.32 Å². The van der Waals surface area contributed by atoms with E-state index < -0.39 is 0 Å². The van der Waals surface area contributed by atoms with Gasteiger partial charge in [-0.2, -0.15) is 0 Å². The Kier molecular flexibility index (Phi) is 4.01. The molecule has 0 radical (unpaired) electrons. The van der Waals surface area contributed by atoms with Crippen LogP contribution in [0.5, 0.6) is 0 Å². The molecule has 2 saturated heterocycles. The van der Waals surface area contributed by atoms with Crippen LogP contribution < -0.4 is 5.32 Å². The van der Waals surface area contributed by atoms with Gasteiger partial charge in [0.25, 0.3) is 0 Å². The third-order valence-electron chi connectivity index (χ3n) is 3.47. The molecular weight excluding hydrogens is 220 g/mol. The Balaban J connectivity index is 1.67. The van der Waals surface area contributed by atoms with Gasteiger partial charge >= 0.3 is 0 Å². The van der Waals surface area contributed by atoms with Gasteiger partial charge in [0, 0.05) is 33.3 Å². The van der Waals surface area contributed by atoms with Gasteiger partial charge in [-0.1, -0.05) is 0 Å². The van der Waals surface area contributed by atoms with Crippen molar-refractivity contribution in [3.05, 3.63) is 0 Å². The van der Waals surface area contributed by atoms with Gasteiger partial charge in [-0.15, -0.1) is 0 Å².